The van der Waals surface area contributed by atoms with E-state index >= 15 is 0 Å². The molecule has 3 aromatic rings. The van der Waals surface area contributed by atoms with Crippen molar-refractivity contribution in [1.29, 1.82) is 0 Å². The lowest BCUT2D eigenvalue weighted by Gasteiger charge is -2.28. The van der Waals surface area contributed by atoms with Gasteiger partial charge in [0.2, 0.25) is 5.95 Å². The molecule has 1 aliphatic rings. The van der Waals surface area contributed by atoms with Crippen LogP contribution in [0.3, 0.4) is 0 Å². The Labute approximate surface area is 213 Å². The van der Waals surface area contributed by atoms with Crippen LogP contribution in [0.25, 0.3) is 0 Å². The number of carbonyl (C=O) groups excluding carboxylic acids is 1. The summed E-state index contributed by atoms with van der Waals surface area (Å²) in [6.07, 6.45) is 2.95. The Morgan fingerprint density at radius 3 is 2.74 bits per heavy atom. The Kier molecular flexibility index (Phi) is 7.63. The van der Waals surface area contributed by atoms with Crippen LogP contribution in [0.2, 0.25) is 10.0 Å². The van der Waals surface area contributed by atoms with Crippen LogP contribution in [0.1, 0.15) is 31.0 Å². The maximum atomic E-state index is 13.0. The molecule has 35 heavy (non-hydrogen) atoms. The van der Waals surface area contributed by atoms with Gasteiger partial charge in [-0.2, -0.15) is 10.1 Å². The second kappa shape index (κ2) is 10.8. The van der Waals surface area contributed by atoms with Gasteiger partial charge in [-0.15, -0.1) is 0 Å². The molecule has 1 atom stereocenters. The van der Waals surface area contributed by atoms with Crippen LogP contribution in [-0.4, -0.2) is 33.9 Å². The second-order valence-electron chi connectivity index (χ2n) is 7.66. The number of fused-ring (bicyclic) bond motifs is 1. The van der Waals surface area contributed by atoms with Crippen LogP contribution in [0.5, 0.6) is 11.5 Å². The molecule has 0 bridgehead atoms. The predicted molar refractivity (Wildman–Crippen MR) is 134 cm³/mol. The minimum Gasteiger partial charge on any atom is -0.490 e. The van der Waals surface area contributed by atoms with Gasteiger partial charge in [0.15, 0.2) is 11.5 Å². The van der Waals surface area contributed by atoms with E-state index in [1.807, 2.05) is 25.1 Å². The molecule has 1 unspecified atom stereocenters. The summed E-state index contributed by atoms with van der Waals surface area (Å²) in [6, 6.07) is 10.3. The Morgan fingerprint density at radius 2 is 2.00 bits per heavy atom. The summed E-state index contributed by atoms with van der Waals surface area (Å²) in [6.45, 7) is 8.09. The Hall–Kier alpha value is -3.49. The number of nitrogens with one attached hydrogen (secondary N) is 1. The summed E-state index contributed by atoms with van der Waals surface area (Å²) in [5, 5.41) is 8.39. The van der Waals surface area contributed by atoms with Crippen molar-refractivity contribution in [3.63, 3.8) is 0 Å². The van der Waals surface area contributed by atoms with Gasteiger partial charge in [0, 0.05) is 5.70 Å². The van der Waals surface area contributed by atoms with Crippen molar-refractivity contribution < 1.29 is 19.0 Å². The number of nitrogens with zero attached hydrogens (tertiary/aromatic N) is 3. The number of aromatic nitrogens is 3. The Morgan fingerprint density at radius 1 is 1.17 bits per heavy atom. The zero-order chi connectivity index (χ0) is 24.9. The summed E-state index contributed by atoms with van der Waals surface area (Å²) in [5.74, 6) is 1.12. The average molecular weight is 515 g/mol. The topological polar surface area (TPSA) is 87.5 Å². The molecule has 2 aromatic carbocycles. The van der Waals surface area contributed by atoms with Crippen molar-refractivity contribution in [3.8, 4) is 11.5 Å². The molecule has 182 valence electrons. The van der Waals surface area contributed by atoms with Crippen LogP contribution < -0.4 is 14.8 Å². The number of carbonyl (C=O) groups is 1. The third-order valence-electron chi connectivity index (χ3n) is 5.31. The van der Waals surface area contributed by atoms with Crippen LogP contribution in [-0.2, 0) is 16.1 Å². The molecule has 1 aromatic heterocycles. The third-order valence-corrected chi connectivity index (χ3v) is 6.05. The monoisotopic (exact) mass is 514 g/mol. The van der Waals surface area contributed by atoms with Gasteiger partial charge >= 0.3 is 5.97 Å². The summed E-state index contributed by atoms with van der Waals surface area (Å²) in [4.78, 5) is 17.2. The number of rotatable bonds is 9. The predicted octanol–water partition coefficient (Wildman–Crippen LogP) is 5.58. The number of esters is 1. The SMILES string of the molecule is C=CCOC(=O)C1=C(C)Nc2ncnn2C1c1ccc(OCc2ccc(Cl)c(Cl)c2)c(OCC)c1. The molecule has 4 rings (SSSR count). The molecule has 0 spiro atoms. The third kappa shape index (κ3) is 5.28. The van der Waals surface area contributed by atoms with Gasteiger partial charge in [0.1, 0.15) is 25.6 Å². The zero-order valence-corrected chi connectivity index (χ0v) is 20.8. The summed E-state index contributed by atoms with van der Waals surface area (Å²) in [5.41, 5.74) is 2.66. The van der Waals surface area contributed by atoms with Crippen molar-refractivity contribution >= 4 is 35.1 Å². The van der Waals surface area contributed by atoms with Crippen molar-refractivity contribution in [2.45, 2.75) is 26.5 Å². The van der Waals surface area contributed by atoms with E-state index in [0.717, 1.165) is 11.1 Å². The van der Waals surface area contributed by atoms with Gasteiger partial charge in [-0.1, -0.05) is 48.0 Å². The first-order chi connectivity index (χ1) is 16.9. The fourth-order valence-electron chi connectivity index (χ4n) is 3.75. The summed E-state index contributed by atoms with van der Waals surface area (Å²) in [7, 11) is 0. The van der Waals surface area contributed by atoms with Gasteiger partial charge in [-0.25, -0.2) is 9.48 Å². The van der Waals surface area contributed by atoms with E-state index in [1.54, 1.807) is 29.8 Å². The van der Waals surface area contributed by atoms with E-state index in [1.165, 1.54) is 12.4 Å². The molecule has 8 nitrogen and oxygen atoms in total. The number of hydrogen-bond donors (Lipinski definition) is 1. The Balaban J connectivity index is 1.68. The number of hydrogen-bond acceptors (Lipinski definition) is 7. The lowest BCUT2D eigenvalue weighted by molar-refractivity contribution is -0.138. The lowest BCUT2D eigenvalue weighted by Crippen LogP contribution is -2.29. The maximum absolute atomic E-state index is 13.0. The lowest BCUT2D eigenvalue weighted by atomic mass is 9.95. The fraction of sp³-hybridized carbons (Fsp3) is 0.240. The normalized spacial score (nSPS) is 14.7. The second-order valence-corrected chi connectivity index (χ2v) is 8.47. The largest absolute Gasteiger partial charge is 0.490 e. The van der Waals surface area contributed by atoms with Gasteiger partial charge in [-0.05, 0) is 49.2 Å². The number of anilines is 1. The number of benzene rings is 2. The highest BCUT2D eigenvalue weighted by Crippen LogP contribution is 2.39. The molecule has 2 heterocycles. The minimum atomic E-state index is -0.575. The van der Waals surface area contributed by atoms with Gasteiger partial charge in [-0.3, -0.25) is 0 Å². The fourth-order valence-corrected chi connectivity index (χ4v) is 4.07. The van der Waals surface area contributed by atoms with Crippen LogP contribution in [0, 0.1) is 0 Å². The highest BCUT2D eigenvalue weighted by atomic mass is 35.5. The zero-order valence-electron chi connectivity index (χ0n) is 19.3. The standard InChI is InChI=1S/C25H24Cl2N4O4/c1-4-10-34-24(32)22-15(3)30-25-28-14-29-31(25)23(22)17-7-9-20(21(12-17)33-5-2)35-13-16-6-8-18(26)19(27)11-16/h4,6-9,11-12,14,23H,1,5,10,13H2,2-3H3,(H,28,29,30). The molecular formula is C25H24Cl2N4O4. The van der Waals surface area contributed by atoms with Gasteiger partial charge in [0.25, 0.3) is 0 Å². The van der Waals surface area contributed by atoms with Crippen molar-refractivity contribution in [1.82, 2.24) is 14.8 Å². The van der Waals surface area contributed by atoms with E-state index in [0.29, 0.717) is 45.4 Å². The number of allylic oxidation sites excluding steroid dienone is 1. The van der Waals surface area contributed by atoms with Crippen molar-refractivity contribution in [2.24, 2.45) is 0 Å². The van der Waals surface area contributed by atoms with Crippen LogP contribution >= 0.6 is 23.2 Å². The molecule has 10 heteroatoms. The smallest absolute Gasteiger partial charge is 0.338 e. The van der Waals surface area contributed by atoms with E-state index in [9.17, 15) is 4.79 Å². The van der Waals surface area contributed by atoms with Crippen molar-refractivity contribution in [2.75, 3.05) is 18.5 Å². The molecule has 1 N–H and O–H groups in total. The van der Waals surface area contributed by atoms with Crippen LogP contribution in [0.4, 0.5) is 5.95 Å². The first-order valence-electron chi connectivity index (χ1n) is 10.9. The quantitative estimate of drug-likeness (QED) is 0.294. The molecule has 1 aliphatic heterocycles. The average Bonchev–Trinajstić information content (AvgIpc) is 3.31. The minimum absolute atomic E-state index is 0.0955. The maximum Gasteiger partial charge on any atom is 0.338 e. The highest BCUT2D eigenvalue weighted by molar-refractivity contribution is 6.42. The molecule has 0 saturated heterocycles. The molecule has 0 saturated carbocycles. The molecule has 0 amide bonds. The van der Waals surface area contributed by atoms with Gasteiger partial charge < -0.3 is 19.5 Å². The first kappa shape index (κ1) is 24.6. The van der Waals surface area contributed by atoms with Crippen molar-refractivity contribution in [3.05, 3.63) is 87.8 Å². The van der Waals surface area contributed by atoms with E-state index in [-0.39, 0.29) is 13.2 Å². The Bertz CT molecular complexity index is 1290. The summed E-state index contributed by atoms with van der Waals surface area (Å²) >= 11 is 12.1. The molecule has 0 fully saturated rings. The molecule has 0 aliphatic carbocycles. The highest BCUT2D eigenvalue weighted by Gasteiger charge is 2.34. The summed E-state index contributed by atoms with van der Waals surface area (Å²) < 4.78 is 18.9. The number of ether oxygens (including phenoxy) is 3. The van der Waals surface area contributed by atoms with E-state index in [4.69, 9.17) is 37.4 Å². The van der Waals surface area contributed by atoms with E-state index < -0.39 is 12.0 Å². The van der Waals surface area contributed by atoms with Crippen LogP contribution in [0.15, 0.2) is 66.7 Å². The molecular weight excluding hydrogens is 491 g/mol. The van der Waals surface area contributed by atoms with Gasteiger partial charge in [0.05, 0.1) is 22.2 Å². The molecule has 0 radical (unpaired) electrons. The van der Waals surface area contributed by atoms with E-state index in [2.05, 4.69) is 22.0 Å². The number of halogens is 2. The first-order valence-corrected chi connectivity index (χ1v) is 11.7.